The molecule has 0 bridgehead atoms. The lowest BCUT2D eigenvalue weighted by atomic mass is 9.44. The third-order valence-electron chi connectivity index (χ3n) is 9.22. The van der Waals surface area contributed by atoms with E-state index in [1.54, 1.807) is 20.8 Å². The maximum Gasteiger partial charge on any atom is 0.349 e. The molecule has 182 valence electrons. The number of aliphatic carboxylic acids is 1. The Labute approximate surface area is 192 Å². The molecule has 0 amide bonds. The highest BCUT2D eigenvalue weighted by Gasteiger charge is 2.78. The summed E-state index contributed by atoms with van der Waals surface area (Å²) in [4.78, 5) is 37.1. The minimum atomic E-state index is -2.30. The Morgan fingerprint density at radius 1 is 1.24 bits per heavy atom. The van der Waals surface area contributed by atoms with Gasteiger partial charge >= 0.3 is 11.9 Å². The molecular weight excluding hydrogens is 434 g/mol. The molecule has 8 heteroatoms. The van der Waals surface area contributed by atoms with Gasteiger partial charge in [-0.2, -0.15) is 0 Å². The maximum absolute atomic E-state index is 17.1. The number of carboxylic acid groups (broad SMARTS) is 1. The Hall–Kier alpha value is -2.09. The van der Waals surface area contributed by atoms with Crippen LogP contribution in [0.4, 0.5) is 8.78 Å². The number of carboxylic acids is 1. The van der Waals surface area contributed by atoms with E-state index in [-0.39, 0.29) is 31.3 Å². The molecule has 3 saturated carbocycles. The molecule has 0 aliphatic heterocycles. The molecule has 0 aromatic rings. The van der Waals surface area contributed by atoms with Gasteiger partial charge in [-0.15, -0.1) is 0 Å². The number of allylic oxidation sites excluding steroid dienone is 4. The molecule has 0 aromatic heterocycles. The first kappa shape index (κ1) is 24.0. The van der Waals surface area contributed by atoms with Crippen molar-refractivity contribution in [3.8, 4) is 0 Å². The fourth-order valence-electron chi connectivity index (χ4n) is 7.68. The van der Waals surface area contributed by atoms with Gasteiger partial charge in [0.05, 0.1) is 6.10 Å². The molecule has 4 aliphatic rings. The second-order valence-corrected chi connectivity index (χ2v) is 10.8. The molecule has 2 N–H and O–H groups in total. The largest absolute Gasteiger partial charge is 0.478 e. The summed E-state index contributed by atoms with van der Waals surface area (Å²) in [6, 6.07) is 0. The second kappa shape index (κ2) is 7.45. The van der Waals surface area contributed by atoms with Crippen molar-refractivity contribution in [1.82, 2.24) is 0 Å². The number of hydrogen-bond acceptors (Lipinski definition) is 5. The van der Waals surface area contributed by atoms with Crippen LogP contribution in [-0.4, -0.2) is 51.5 Å². The van der Waals surface area contributed by atoms with Gasteiger partial charge in [0.2, 0.25) is 5.60 Å². The van der Waals surface area contributed by atoms with Crippen LogP contribution in [0.2, 0.25) is 0 Å². The lowest BCUT2D eigenvalue weighted by Gasteiger charge is -2.62. The van der Waals surface area contributed by atoms with Crippen LogP contribution >= 0.6 is 0 Å². The van der Waals surface area contributed by atoms with E-state index in [0.29, 0.717) is 6.42 Å². The standard InChI is InChI=1S/C25H32F2O6/c1-5-6-20(30)33-25(21(31)32)13(2)9-15-16-11-18(26)17-10-14(28)7-8-22(17,3)24(16,27)19(29)12-23(15,25)4/h7-8,10,13,15-16,18-19,29H,5-6,9,11-12H2,1-4H3,(H,31,32)/t13-,15-,16-,18-,19-,22-,23-,24-,25-/m0/s1. The van der Waals surface area contributed by atoms with Crippen LogP contribution in [0.3, 0.4) is 0 Å². The van der Waals surface area contributed by atoms with Gasteiger partial charge in [-0.05, 0) is 56.3 Å². The number of carbonyl (C=O) groups excluding carboxylic acids is 2. The highest BCUT2D eigenvalue weighted by molar-refractivity contribution is 6.01. The lowest BCUT2D eigenvalue weighted by molar-refractivity contribution is -0.237. The van der Waals surface area contributed by atoms with E-state index in [9.17, 15) is 24.6 Å². The van der Waals surface area contributed by atoms with Gasteiger partial charge in [0.15, 0.2) is 11.5 Å². The monoisotopic (exact) mass is 466 g/mol. The highest BCUT2D eigenvalue weighted by Crippen LogP contribution is 2.71. The number of ether oxygens (including phenoxy) is 1. The molecule has 0 unspecified atom stereocenters. The van der Waals surface area contributed by atoms with Crippen molar-refractivity contribution in [3.63, 3.8) is 0 Å². The van der Waals surface area contributed by atoms with E-state index < -0.39 is 69.9 Å². The van der Waals surface area contributed by atoms with E-state index in [2.05, 4.69) is 0 Å². The molecule has 33 heavy (non-hydrogen) atoms. The Morgan fingerprint density at radius 2 is 1.91 bits per heavy atom. The van der Waals surface area contributed by atoms with E-state index >= 15 is 8.78 Å². The van der Waals surface area contributed by atoms with Gasteiger partial charge < -0.3 is 14.9 Å². The van der Waals surface area contributed by atoms with Gasteiger partial charge in [0.25, 0.3) is 0 Å². The van der Waals surface area contributed by atoms with Gasteiger partial charge in [-0.25, -0.2) is 13.6 Å². The number of aliphatic hydroxyl groups is 1. The summed E-state index contributed by atoms with van der Waals surface area (Å²) in [5, 5.41) is 21.6. The summed E-state index contributed by atoms with van der Waals surface area (Å²) in [6.07, 6.45) is 0.615. The predicted octanol–water partition coefficient (Wildman–Crippen LogP) is 3.72. The van der Waals surface area contributed by atoms with E-state index in [1.165, 1.54) is 19.1 Å². The third-order valence-corrected chi connectivity index (χ3v) is 9.22. The van der Waals surface area contributed by atoms with Crippen LogP contribution in [0.15, 0.2) is 23.8 Å². The molecule has 0 radical (unpaired) electrons. The van der Waals surface area contributed by atoms with Crippen molar-refractivity contribution in [2.45, 2.75) is 83.3 Å². The minimum Gasteiger partial charge on any atom is -0.478 e. The Kier molecular flexibility index (Phi) is 5.43. The number of ketones is 1. The average Bonchev–Trinajstić information content (AvgIpc) is 2.94. The van der Waals surface area contributed by atoms with Crippen molar-refractivity contribution in [2.75, 3.05) is 0 Å². The Bertz CT molecular complexity index is 961. The average molecular weight is 467 g/mol. The predicted molar refractivity (Wildman–Crippen MR) is 115 cm³/mol. The molecular formula is C25H32F2O6. The fraction of sp³-hybridized carbons (Fsp3) is 0.720. The van der Waals surface area contributed by atoms with Crippen LogP contribution in [-0.2, 0) is 19.1 Å². The third kappa shape index (κ3) is 2.82. The van der Waals surface area contributed by atoms with E-state index in [4.69, 9.17) is 4.74 Å². The van der Waals surface area contributed by atoms with Crippen molar-refractivity contribution in [2.24, 2.45) is 28.6 Å². The molecule has 4 aliphatic carbocycles. The molecule has 0 spiro atoms. The first-order valence-electron chi connectivity index (χ1n) is 11.7. The van der Waals surface area contributed by atoms with Gasteiger partial charge in [-0.3, -0.25) is 9.59 Å². The zero-order valence-corrected chi connectivity index (χ0v) is 19.4. The zero-order valence-electron chi connectivity index (χ0n) is 19.4. The first-order chi connectivity index (χ1) is 15.3. The number of esters is 1. The van der Waals surface area contributed by atoms with E-state index in [1.807, 2.05) is 0 Å². The number of carbonyl (C=O) groups is 3. The maximum atomic E-state index is 17.1. The molecule has 4 rings (SSSR count). The summed E-state index contributed by atoms with van der Waals surface area (Å²) in [5.41, 5.74) is -7.08. The molecule has 9 atom stereocenters. The molecule has 6 nitrogen and oxygen atoms in total. The SMILES string of the molecule is CCCC(=O)O[C@]1(C(=O)O)[C@@H](C)C[C@H]2[C@@H]3C[C@H](F)C4=CC(=O)C=C[C@]4(C)[C@@]3(F)[C@@H](O)C[C@@]21C. The van der Waals surface area contributed by atoms with Crippen LogP contribution in [0.1, 0.15) is 59.8 Å². The fourth-order valence-corrected chi connectivity index (χ4v) is 7.68. The lowest BCUT2D eigenvalue weighted by Crippen LogP contribution is -2.71. The Balaban J connectivity index is 1.85. The summed E-state index contributed by atoms with van der Waals surface area (Å²) < 4.78 is 38.3. The Morgan fingerprint density at radius 3 is 2.52 bits per heavy atom. The number of rotatable bonds is 4. The van der Waals surface area contributed by atoms with Gasteiger partial charge in [0.1, 0.15) is 6.17 Å². The molecule has 0 saturated heterocycles. The number of fused-ring (bicyclic) bond motifs is 5. The number of hydrogen-bond donors (Lipinski definition) is 2. The van der Waals surface area contributed by atoms with Crippen molar-refractivity contribution < 1.29 is 38.1 Å². The smallest absolute Gasteiger partial charge is 0.349 e. The second-order valence-electron chi connectivity index (χ2n) is 10.8. The summed E-state index contributed by atoms with van der Waals surface area (Å²) in [6.45, 7) is 6.55. The minimum absolute atomic E-state index is 0.0151. The topological polar surface area (TPSA) is 101 Å². The summed E-state index contributed by atoms with van der Waals surface area (Å²) in [5.74, 6) is -4.73. The number of aliphatic hydroxyl groups excluding tert-OH is 1. The van der Waals surface area contributed by atoms with Crippen molar-refractivity contribution in [3.05, 3.63) is 23.8 Å². The molecule has 3 fully saturated rings. The number of alkyl halides is 2. The quantitative estimate of drug-likeness (QED) is 0.613. The summed E-state index contributed by atoms with van der Waals surface area (Å²) in [7, 11) is 0. The van der Waals surface area contributed by atoms with Gasteiger partial charge in [0, 0.05) is 29.1 Å². The van der Waals surface area contributed by atoms with Crippen LogP contribution in [0.5, 0.6) is 0 Å². The first-order valence-corrected chi connectivity index (χ1v) is 11.7. The van der Waals surface area contributed by atoms with Crippen LogP contribution < -0.4 is 0 Å². The van der Waals surface area contributed by atoms with E-state index in [0.717, 1.165) is 6.08 Å². The molecule has 0 heterocycles. The summed E-state index contributed by atoms with van der Waals surface area (Å²) >= 11 is 0. The number of halogens is 2. The van der Waals surface area contributed by atoms with Crippen LogP contribution in [0.25, 0.3) is 0 Å². The zero-order chi connectivity index (χ0) is 24.6. The normalized spacial score (nSPS) is 48.4. The highest BCUT2D eigenvalue weighted by atomic mass is 19.1. The van der Waals surface area contributed by atoms with Crippen molar-refractivity contribution >= 4 is 17.7 Å². The van der Waals surface area contributed by atoms with Crippen LogP contribution in [0, 0.1) is 28.6 Å². The molecule has 0 aromatic carbocycles. The van der Waals surface area contributed by atoms with Gasteiger partial charge in [-0.1, -0.05) is 26.8 Å². The van der Waals surface area contributed by atoms with Crippen molar-refractivity contribution in [1.29, 1.82) is 0 Å².